The summed E-state index contributed by atoms with van der Waals surface area (Å²) in [6, 6.07) is 15.0. The van der Waals surface area contributed by atoms with E-state index in [-0.39, 0.29) is 49.9 Å². The third-order valence-corrected chi connectivity index (χ3v) is 13.8. The molecule has 3 atom stereocenters. The molecule has 9 heteroatoms. The highest BCUT2D eigenvalue weighted by atomic mass is 16.5. The minimum atomic E-state index is -0.978. The average molecular weight is 1010 g/mol. The molecule has 0 saturated heterocycles. The van der Waals surface area contributed by atoms with Crippen molar-refractivity contribution < 1.29 is 33.4 Å². The maximum absolute atomic E-state index is 14.5. The minimum absolute atomic E-state index is 0.0198. The highest BCUT2D eigenvalue weighted by Gasteiger charge is 2.39. The third-order valence-electron chi connectivity index (χ3n) is 13.8. The van der Waals surface area contributed by atoms with Crippen LogP contribution in [-0.4, -0.2) is 65.1 Å². The zero-order valence-corrected chi connectivity index (χ0v) is 45.8. The van der Waals surface area contributed by atoms with Gasteiger partial charge in [-0.2, -0.15) is 0 Å². The van der Waals surface area contributed by atoms with Crippen LogP contribution >= 0.6 is 0 Å². The molecule has 1 heterocycles. The lowest BCUT2D eigenvalue weighted by atomic mass is 9.93. The monoisotopic (exact) mass is 1000 g/mol. The van der Waals surface area contributed by atoms with Crippen molar-refractivity contribution in [1.82, 2.24) is 10.2 Å². The molecule has 0 bridgehead atoms. The second kappa shape index (κ2) is 40.5. The Bertz CT molecular complexity index is 1890. The number of ether oxygens (including phenoxy) is 2. The lowest BCUT2D eigenvalue weighted by Gasteiger charge is -2.38. The predicted octanol–water partition coefficient (Wildman–Crippen LogP) is 14.9. The van der Waals surface area contributed by atoms with Gasteiger partial charge in [0.2, 0.25) is 5.91 Å². The second-order valence-corrected chi connectivity index (χ2v) is 20.2. The molecular weight excluding hydrogens is 909 g/mol. The van der Waals surface area contributed by atoms with Crippen molar-refractivity contribution in [2.24, 2.45) is 0 Å². The summed E-state index contributed by atoms with van der Waals surface area (Å²) in [5, 5.41) is 3.24. The van der Waals surface area contributed by atoms with E-state index in [0.29, 0.717) is 25.7 Å². The standard InChI is InChI=1S/C64H96N2O7/c1-5-8-10-12-14-16-18-20-22-24-26-28-30-32-37-45-57(67)50-59(51-58(68)46-38-33-31-29-27-25-23-21-19-17-15-13-11-9-6-2)73-64(71)61-49-55-43-39-40-44-56(55)52-66(61)62(69)53(4)65-60(63(70)72-7-3)48-47-54-41-35-34-36-42-54/h14-17,20-23,34-36,39-44,53,59-61,65H,5-13,18-19,24-33,37-38,45-52H2,1-4H3/b16-14-,17-15-,22-20-,23-21-/t53-,60-,61-/m0/s1. The number of hydrogen-bond donors (Lipinski definition) is 1. The summed E-state index contributed by atoms with van der Waals surface area (Å²) in [6.45, 7) is 8.31. The van der Waals surface area contributed by atoms with Gasteiger partial charge in [-0.05, 0) is 120 Å². The van der Waals surface area contributed by atoms with Crippen LogP contribution < -0.4 is 5.32 Å². The van der Waals surface area contributed by atoms with Gasteiger partial charge in [0.1, 0.15) is 29.8 Å². The molecule has 404 valence electrons. The van der Waals surface area contributed by atoms with Crippen LogP contribution in [0.2, 0.25) is 0 Å². The van der Waals surface area contributed by atoms with Crippen molar-refractivity contribution in [2.45, 2.75) is 245 Å². The molecule has 2 aromatic carbocycles. The van der Waals surface area contributed by atoms with Crippen molar-refractivity contribution in [3.63, 3.8) is 0 Å². The Morgan fingerprint density at radius 2 is 1.08 bits per heavy atom. The molecule has 3 rings (SSSR count). The fourth-order valence-electron chi connectivity index (χ4n) is 9.43. The van der Waals surface area contributed by atoms with Crippen molar-refractivity contribution >= 4 is 29.4 Å². The summed E-state index contributed by atoms with van der Waals surface area (Å²) in [7, 11) is 0. The van der Waals surface area contributed by atoms with Crippen molar-refractivity contribution in [3.05, 3.63) is 120 Å². The zero-order chi connectivity index (χ0) is 52.6. The van der Waals surface area contributed by atoms with Gasteiger partial charge >= 0.3 is 11.9 Å². The maximum atomic E-state index is 14.5. The number of carbonyl (C=O) groups excluding carboxylic acids is 5. The lowest BCUT2D eigenvalue weighted by Crippen LogP contribution is -2.57. The number of nitrogens with zero attached hydrogens (tertiary/aromatic N) is 1. The van der Waals surface area contributed by atoms with Gasteiger partial charge in [-0.25, -0.2) is 4.79 Å². The fraction of sp³-hybridized carbons (Fsp3) is 0.609. The van der Waals surface area contributed by atoms with E-state index in [0.717, 1.165) is 107 Å². The number of rotatable bonds is 42. The fourth-order valence-corrected chi connectivity index (χ4v) is 9.43. The molecular formula is C64H96N2O7. The number of hydrogen-bond acceptors (Lipinski definition) is 8. The normalized spacial score (nSPS) is 14.6. The Morgan fingerprint density at radius 3 is 1.60 bits per heavy atom. The van der Waals surface area contributed by atoms with Gasteiger partial charge < -0.3 is 14.4 Å². The van der Waals surface area contributed by atoms with E-state index < -0.39 is 36.2 Å². The molecule has 1 amide bonds. The number of ketones is 2. The Kier molecular flexibility index (Phi) is 34.6. The number of unbranched alkanes of at least 4 members (excludes halogenated alkanes) is 16. The van der Waals surface area contributed by atoms with E-state index >= 15 is 0 Å². The van der Waals surface area contributed by atoms with Crippen LogP contribution in [0.3, 0.4) is 0 Å². The van der Waals surface area contributed by atoms with Gasteiger partial charge in [0, 0.05) is 38.6 Å². The summed E-state index contributed by atoms with van der Waals surface area (Å²) in [5.74, 6) is -1.45. The van der Waals surface area contributed by atoms with Crippen molar-refractivity contribution in [2.75, 3.05) is 6.61 Å². The summed E-state index contributed by atoms with van der Waals surface area (Å²) >= 11 is 0. The van der Waals surface area contributed by atoms with Crippen LogP contribution in [0.15, 0.2) is 103 Å². The predicted molar refractivity (Wildman–Crippen MR) is 300 cm³/mol. The van der Waals surface area contributed by atoms with Gasteiger partial charge in [0.25, 0.3) is 0 Å². The Morgan fingerprint density at radius 1 is 0.603 bits per heavy atom. The molecule has 0 radical (unpaired) electrons. The van der Waals surface area contributed by atoms with Crippen molar-refractivity contribution in [1.29, 1.82) is 0 Å². The van der Waals surface area contributed by atoms with Crippen LogP contribution in [0.4, 0.5) is 0 Å². The number of nitrogens with one attached hydrogen (secondary N) is 1. The number of benzene rings is 2. The van der Waals surface area contributed by atoms with Crippen LogP contribution in [-0.2, 0) is 52.8 Å². The van der Waals surface area contributed by atoms with Gasteiger partial charge in [0.15, 0.2) is 0 Å². The number of aryl methyl sites for hydroxylation is 1. The van der Waals surface area contributed by atoms with E-state index in [1.807, 2.05) is 54.6 Å². The van der Waals surface area contributed by atoms with Crippen LogP contribution in [0, 0.1) is 0 Å². The Balaban J connectivity index is 1.61. The second-order valence-electron chi connectivity index (χ2n) is 20.2. The number of fused-ring (bicyclic) bond motifs is 1. The molecule has 1 aliphatic heterocycles. The largest absolute Gasteiger partial charge is 0.465 e. The zero-order valence-electron chi connectivity index (χ0n) is 45.8. The SMILES string of the molecule is CCCCC/C=C\C/C=C\CCCCCCCC(=O)CC(CC(=O)CCCCCCC/C=C\C/C=C\CCCCC)OC(=O)[C@@H]1Cc2ccccc2CN1C(=O)[C@H](C)N[C@@H](CCc1ccccc1)C(=O)OCC. The molecule has 0 fully saturated rings. The molecule has 1 aliphatic rings. The van der Waals surface area contributed by atoms with Crippen LogP contribution in [0.5, 0.6) is 0 Å². The highest BCUT2D eigenvalue weighted by molar-refractivity contribution is 5.89. The van der Waals surface area contributed by atoms with E-state index in [1.165, 1.54) is 56.3 Å². The van der Waals surface area contributed by atoms with Gasteiger partial charge in [0.05, 0.1) is 12.6 Å². The number of esters is 2. The number of carbonyl (C=O) groups is 5. The molecule has 0 spiro atoms. The Hall–Kier alpha value is -4.89. The van der Waals surface area contributed by atoms with E-state index in [9.17, 15) is 24.0 Å². The smallest absolute Gasteiger partial charge is 0.329 e. The first-order valence-electron chi connectivity index (χ1n) is 28.8. The highest BCUT2D eigenvalue weighted by Crippen LogP contribution is 2.27. The molecule has 2 aromatic rings. The van der Waals surface area contributed by atoms with E-state index in [2.05, 4.69) is 67.8 Å². The summed E-state index contributed by atoms with van der Waals surface area (Å²) in [4.78, 5) is 70.8. The van der Waals surface area contributed by atoms with Crippen molar-refractivity contribution in [3.8, 4) is 0 Å². The number of amides is 1. The molecule has 1 N–H and O–H groups in total. The molecule has 0 saturated carbocycles. The number of Topliss-reactive ketones (excluding diaryl/α,β-unsaturated/α-hetero) is 2. The molecule has 73 heavy (non-hydrogen) atoms. The average Bonchev–Trinajstić information content (AvgIpc) is 3.39. The topological polar surface area (TPSA) is 119 Å². The van der Waals surface area contributed by atoms with Gasteiger partial charge in [-0.1, -0.05) is 181 Å². The quantitative estimate of drug-likeness (QED) is 0.0397. The van der Waals surface area contributed by atoms with Gasteiger partial charge in [-0.15, -0.1) is 0 Å². The summed E-state index contributed by atoms with van der Waals surface area (Å²) in [6.07, 6.45) is 43.2. The Labute approximate surface area is 442 Å². The third kappa shape index (κ3) is 28.4. The summed E-state index contributed by atoms with van der Waals surface area (Å²) < 4.78 is 11.6. The molecule has 0 aromatic heterocycles. The van der Waals surface area contributed by atoms with E-state index in [1.54, 1.807) is 13.8 Å². The molecule has 0 unspecified atom stereocenters. The van der Waals surface area contributed by atoms with E-state index in [4.69, 9.17) is 9.47 Å². The first kappa shape index (κ1) is 62.4. The lowest BCUT2D eigenvalue weighted by molar-refractivity contribution is -0.163. The first-order valence-corrected chi connectivity index (χ1v) is 28.8. The van der Waals surface area contributed by atoms with Crippen LogP contribution in [0.1, 0.15) is 218 Å². The van der Waals surface area contributed by atoms with Gasteiger partial charge in [-0.3, -0.25) is 24.5 Å². The molecule has 0 aliphatic carbocycles. The summed E-state index contributed by atoms with van der Waals surface area (Å²) in [5.41, 5.74) is 2.93. The maximum Gasteiger partial charge on any atom is 0.329 e. The minimum Gasteiger partial charge on any atom is -0.465 e. The number of allylic oxidation sites excluding steroid dienone is 8. The first-order chi connectivity index (χ1) is 35.7. The molecule has 9 nitrogen and oxygen atoms in total. The van der Waals surface area contributed by atoms with Crippen LogP contribution in [0.25, 0.3) is 0 Å².